The van der Waals surface area contributed by atoms with E-state index in [1.807, 2.05) is 0 Å². The first kappa shape index (κ1) is 11.0. The molecule has 0 saturated heterocycles. The maximum Gasteiger partial charge on any atom is 0.265 e. The van der Waals surface area contributed by atoms with Gasteiger partial charge in [-0.2, -0.15) is 0 Å². The minimum atomic E-state index is -0.165. The van der Waals surface area contributed by atoms with E-state index in [0.717, 1.165) is 0 Å². The third-order valence-corrected chi connectivity index (χ3v) is 3.20. The molecule has 0 atom stereocenters. The molecule has 3 N–H and O–H groups in total. The van der Waals surface area contributed by atoms with Crippen LogP contribution in [0, 0.1) is 0 Å². The molecule has 0 fully saturated rings. The predicted molar refractivity (Wildman–Crippen MR) is 68.1 cm³/mol. The van der Waals surface area contributed by atoms with Gasteiger partial charge in [0.05, 0.1) is 9.21 Å². The Balaban J connectivity index is 2.10. The highest BCUT2D eigenvalue weighted by Crippen LogP contribution is 2.22. The summed E-state index contributed by atoms with van der Waals surface area (Å²) in [7, 11) is 0. The van der Waals surface area contributed by atoms with Crippen molar-refractivity contribution >= 4 is 40.2 Å². The molecule has 1 heterocycles. The summed E-state index contributed by atoms with van der Waals surface area (Å²) < 4.78 is 0.599. The fourth-order valence-corrected chi connectivity index (χ4v) is 2.13. The van der Waals surface area contributed by atoms with Gasteiger partial charge >= 0.3 is 0 Å². The smallest absolute Gasteiger partial charge is 0.265 e. The second-order valence-electron chi connectivity index (χ2n) is 3.18. The zero-order valence-corrected chi connectivity index (χ0v) is 9.81. The number of hydrogen-bond acceptors (Lipinski definition) is 3. The molecule has 82 valence electrons. The van der Waals surface area contributed by atoms with Gasteiger partial charge in [0.1, 0.15) is 0 Å². The Kier molecular flexibility index (Phi) is 3.12. The average molecular weight is 253 g/mol. The molecular formula is C11H9ClN2OS. The van der Waals surface area contributed by atoms with Gasteiger partial charge in [-0.3, -0.25) is 4.79 Å². The van der Waals surface area contributed by atoms with Gasteiger partial charge in [0.15, 0.2) is 0 Å². The molecule has 1 aromatic heterocycles. The van der Waals surface area contributed by atoms with Gasteiger partial charge in [-0.1, -0.05) is 11.6 Å². The zero-order valence-electron chi connectivity index (χ0n) is 8.24. The van der Waals surface area contributed by atoms with Gasteiger partial charge in [0.2, 0.25) is 0 Å². The van der Waals surface area contributed by atoms with Crippen molar-refractivity contribution in [3.05, 3.63) is 45.6 Å². The maximum absolute atomic E-state index is 11.7. The van der Waals surface area contributed by atoms with Crippen LogP contribution < -0.4 is 11.1 Å². The number of carbonyl (C=O) groups is 1. The molecule has 0 radical (unpaired) electrons. The number of amides is 1. The highest BCUT2D eigenvalue weighted by molar-refractivity contribution is 7.18. The van der Waals surface area contributed by atoms with Crippen LogP contribution in [-0.4, -0.2) is 5.91 Å². The first-order valence-corrected chi connectivity index (χ1v) is 5.77. The second-order valence-corrected chi connectivity index (χ2v) is 4.89. The van der Waals surface area contributed by atoms with Crippen molar-refractivity contribution in [1.82, 2.24) is 0 Å². The van der Waals surface area contributed by atoms with Crippen LogP contribution in [0.1, 0.15) is 9.67 Å². The molecule has 0 saturated carbocycles. The Morgan fingerprint density at radius 3 is 2.44 bits per heavy atom. The summed E-state index contributed by atoms with van der Waals surface area (Å²) in [5.41, 5.74) is 6.92. The number of hydrogen-bond donors (Lipinski definition) is 2. The lowest BCUT2D eigenvalue weighted by Crippen LogP contribution is -2.09. The molecule has 2 rings (SSSR count). The molecule has 5 heteroatoms. The van der Waals surface area contributed by atoms with E-state index < -0.39 is 0 Å². The predicted octanol–water partition coefficient (Wildman–Crippen LogP) is 3.24. The van der Waals surface area contributed by atoms with Crippen molar-refractivity contribution in [2.24, 2.45) is 0 Å². The van der Waals surface area contributed by atoms with E-state index in [0.29, 0.717) is 20.6 Å². The van der Waals surface area contributed by atoms with Crippen molar-refractivity contribution in [3.63, 3.8) is 0 Å². The van der Waals surface area contributed by atoms with Gasteiger partial charge in [-0.05, 0) is 36.4 Å². The first-order valence-electron chi connectivity index (χ1n) is 4.57. The molecule has 0 spiro atoms. The molecule has 0 aliphatic rings. The number of benzene rings is 1. The van der Waals surface area contributed by atoms with Crippen LogP contribution in [0.2, 0.25) is 4.34 Å². The van der Waals surface area contributed by atoms with Crippen LogP contribution in [0.25, 0.3) is 0 Å². The number of thiophene rings is 1. The highest BCUT2D eigenvalue weighted by atomic mass is 35.5. The van der Waals surface area contributed by atoms with Crippen LogP contribution in [0.3, 0.4) is 0 Å². The third-order valence-electron chi connectivity index (χ3n) is 1.97. The van der Waals surface area contributed by atoms with Crippen LogP contribution >= 0.6 is 22.9 Å². The zero-order chi connectivity index (χ0) is 11.5. The third kappa shape index (κ3) is 2.53. The standard InChI is InChI=1S/C11H9ClN2OS/c12-10-6-5-9(16-10)11(15)14-8-3-1-7(13)2-4-8/h1-6H,13H2,(H,14,15). The number of rotatable bonds is 2. The van der Waals surface area contributed by atoms with Crippen molar-refractivity contribution in [1.29, 1.82) is 0 Å². The highest BCUT2D eigenvalue weighted by Gasteiger charge is 2.08. The lowest BCUT2D eigenvalue weighted by Gasteiger charge is -2.03. The van der Waals surface area contributed by atoms with Crippen LogP contribution in [0.4, 0.5) is 11.4 Å². The fraction of sp³-hybridized carbons (Fsp3) is 0. The van der Waals surface area contributed by atoms with Gasteiger partial charge < -0.3 is 11.1 Å². The van der Waals surface area contributed by atoms with E-state index in [2.05, 4.69) is 5.32 Å². The molecule has 2 aromatic rings. The Hall–Kier alpha value is -1.52. The summed E-state index contributed by atoms with van der Waals surface area (Å²) in [5, 5.41) is 2.76. The maximum atomic E-state index is 11.7. The Bertz CT molecular complexity index is 507. The minimum absolute atomic E-state index is 0.165. The fourth-order valence-electron chi connectivity index (χ4n) is 1.20. The lowest BCUT2D eigenvalue weighted by atomic mass is 10.3. The monoisotopic (exact) mass is 252 g/mol. The van der Waals surface area contributed by atoms with E-state index in [-0.39, 0.29) is 5.91 Å². The second kappa shape index (κ2) is 4.55. The quantitative estimate of drug-likeness (QED) is 0.807. The van der Waals surface area contributed by atoms with Crippen LogP contribution in [0.5, 0.6) is 0 Å². The minimum Gasteiger partial charge on any atom is -0.399 e. The molecule has 0 aliphatic heterocycles. The Morgan fingerprint density at radius 1 is 1.19 bits per heavy atom. The summed E-state index contributed by atoms with van der Waals surface area (Å²) >= 11 is 7.00. The SMILES string of the molecule is Nc1ccc(NC(=O)c2ccc(Cl)s2)cc1. The summed E-state index contributed by atoms with van der Waals surface area (Å²) in [6.07, 6.45) is 0. The van der Waals surface area contributed by atoms with Crippen LogP contribution in [0.15, 0.2) is 36.4 Å². The van der Waals surface area contributed by atoms with E-state index in [9.17, 15) is 4.79 Å². The van der Waals surface area contributed by atoms with E-state index in [1.54, 1.807) is 36.4 Å². The molecule has 16 heavy (non-hydrogen) atoms. The number of carbonyl (C=O) groups excluding carboxylic acids is 1. The normalized spacial score (nSPS) is 10.1. The van der Waals surface area contributed by atoms with E-state index >= 15 is 0 Å². The molecule has 0 aliphatic carbocycles. The first-order chi connectivity index (χ1) is 7.65. The molecule has 0 unspecified atom stereocenters. The van der Waals surface area contributed by atoms with Crippen molar-refractivity contribution in [3.8, 4) is 0 Å². The van der Waals surface area contributed by atoms with Gasteiger partial charge in [0.25, 0.3) is 5.91 Å². The molecule has 0 bridgehead atoms. The Labute approximate surface area is 102 Å². The summed E-state index contributed by atoms with van der Waals surface area (Å²) in [5.74, 6) is -0.165. The van der Waals surface area contributed by atoms with Crippen molar-refractivity contribution in [2.75, 3.05) is 11.1 Å². The summed E-state index contributed by atoms with van der Waals surface area (Å²) in [6.45, 7) is 0. The number of nitrogens with one attached hydrogen (secondary N) is 1. The topological polar surface area (TPSA) is 55.1 Å². The van der Waals surface area contributed by atoms with Crippen molar-refractivity contribution < 1.29 is 4.79 Å². The number of anilines is 2. The molecule has 1 amide bonds. The number of halogens is 1. The lowest BCUT2D eigenvalue weighted by molar-refractivity contribution is 0.103. The number of nitrogens with two attached hydrogens (primary N) is 1. The number of nitrogen functional groups attached to an aromatic ring is 1. The Morgan fingerprint density at radius 2 is 1.88 bits per heavy atom. The largest absolute Gasteiger partial charge is 0.399 e. The van der Waals surface area contributed by atoms with E-state index in [4.69, 9.17) is 17.3 Å². The average Bonchev–Trinajstić information content (AvgIpc) is 2.68. The summed E-state index contributed by atoms with van der Waals surface area (Å²) in [4.78, 5) is 12.3. The van der Waals surface area contributed by atoms with Gasteiger partial charge in [-0.25, -0.2) is 0 Å². The van der Waals surface area contributed by atoms with Gasteiger partial charge in [0, 0.05) is 11.4 Å². The van der Waals surface area contributed by atoms with E-state index in [1.165, 1.54) is 11.3 Å². The van der Waals surface area contributed by atoms with Crippen LogP contribution in [-0.2, 0) is 0 Å². The van der Waals surface area contributed by atoms with Gasteiger partial charge in [-0.15, -0.1) is 11.3 Å². The van der Waals surface area contributed by atoms with Crippen molar-refractivity contribution in [2.45, 2.75) is 0 Å². The summed E-state index contributed by atoms with van der Waals surface area (Å²) in [6, 6.07) is 10.4. The molecule has 1 aromatic carbocycles. The molecular weight excluding hydrogens is 244 g/mol. The molecule has 3 nitrogen and oxygen atoms in total.